The van der Waals surface area contributed by atoms with Crippen LogP contribution in [0.15, 0.2) is 48.7 Å². The fourth-order valence-corrected chi connectivity index (χ4v) is 2.20. The first-order chi connectivity index (χ1) is 10.2. The van der Waals surface area contributed by atoms with Crippen LogP contribution in [0.2, 0.25) is 5.02 Å². The van der Waals surface area contributed by atoms with Gasteiger partial charge in [0, 0.05) is 23.3 Å². The largest absolute Gasteiger partial charge is 0.497 e. The maximum absolute atomic E-state index is 6.12. The minimum absolute atomic E-state index is 0.475. The monoisotopic (exact) mass is 300 g/mol. The molecule has 1 aromatic heterocycles. The minimum Gasteiger partial charge on any atom is -0.497 e. The standard InChI is InChI=1S/C16H13ClN2O2/c1-20-12-3-4-13-10(8-12)6-7-19-16(13)21-15-9-11(18)2-5-14(15)17/h2-9H,18H2,1H3. The molecule has 0 saturated carbocycles. The van der Waals surface area contributed by atoms with Crippen LogP contribution >= 0.6 is 11.6 Å². The van der Waals surface area contributed by atoms with Gasteiger partial charge in [0.15, 0.2) is 0 Å². The summed E-state index contributed by atoms with van der Waals surface area (Å²) in [7, 11) is 1.63. The average molecular weight is 301 g/mol. The van der Waals surface area contributed by atoms with Crippen LogP contribution in [0.5, 0.6) is 17.4 Å². The zero-order valence-electron chi connectivity index (χ0n) is 11.3. The second-order valence-corrected chi connectivity index (χ2v) is 4.90. The Bertz CT molecular complexity index is 805. The van der Waals surface area contributed by atoms with Crippen LogP contribution in [0.3, 0.4) is 0 Å². The highest BCUT2D eigenvalue weighted by Gasteiger charge is 2.09. The van der Waals surface area contributed by atoms with E-state index in [2.05, 4.69) is 4.98 Å². The molecular formula is C16H13ClN2O2. The lowest BCUT2D eigenvalue weighted by Gasteiger charge is -2.10. The molecule has 0 aliphatic heterocycles. The molecule has 0 aliphatic carbocycles. The van der Waals surface area contributed by atoms with E-state index in [0.717, 1.165) is 16.5 Å². The fourth-order valence-electron chi connectivity index (χ4n) is 2.04. The summed E-state index contributed by atoms with van der Waals surface area (Å²) in [5, 5.41) is 2.33. The molecule has 3 aromatic rings. The number of ether oxygens (including phenoxy) is 2. The zero-order chi connectivity index (χ0) is 14.8. The highest BCUT2D eigenvalue weighted by Crippen LogP contribution is 2.34. The van der Waals surface area contributed by atoms with E-state index in [1.807, 2.05) is 24.3 Å². The molecule has 0 saturated heterocycles. The van der Waals surface area contributed by atoms with E-state index >= 15 is 0 Å². The maximum atomic E-state index is 6.12. The van der Waals surface area contributed by atoms with Crippen molar-refractivity contribution >= 4 is 28.1 Å². The Morgan fingerprint density at radius 1 is 1.10 bits per heavy atom. The molecule has 0 spiro atoms. The predicted molar refractivity (Wildman–Crippen MR) is 84.2 cm³/mol. The third kappa shape index (κ3) is 2.71. The molecule has 2 aromatic carbocycles. The van der Waals surface area contributed by atoms with Crippen LogP contribution in [0.4, 0.5) is 5.69 Å². The normalized spacial score (nSPS) is 10.6. The van der Waals surface area contributed by atoms with Crippen LogP contribution in [0, 0.1) is 0 Å². The quantitative estimate of drug-likeness (QED) is 0.734. The fraction of sp³-hybridized carbons (Fsp3) is 0.0625. The molecule has 0 aliphatic rings. The number of pyridine rings is 1. The topological polar surface area (TPSA) is 57.4 Å². The van der Waals surface area contributed by atoms with Gasteiger partial charge in [0.1, 0.15) is 11.5 Å². The summed E-state index contributed by atoms with van der Waals surface area (Å²) in [5.74, 6) is 1.73. The Hall–Kier alpha value is -2.46. The highest BCUT2D eigenvalue weighted by molar-refractivity contribution is 6.32. The van der Waals surface area contributed by atoms with Crippen molar-refractivity contribution in [3.05, 3.63) is 53.7 Å². The van der Waals surface area contributed by atoms with Crippen LogP contribution in [-0.2, 0) is 0 Å². The van der Waals surface area contributed by atoms with Crippen LogP contribution in [0.1, 0.15) is 0 Å². The first-order valence-electron chi connectivity index (χ1n) is 6.33. The summed E-state index contributed by atoms with van der Waals surface area (Å²) >= 11 is 6.12. The molecule has 4 nitrogen and oxygen atoms in total. The van der Waals surface area contributed by atoms with Gasteiger partial charge < -0.3 is 15.2 Å². The molecule has 0 atom stereocenters. The molecule has 21 heavy (non-hydrogen) atoms. The Labute approximate surface area is 127 Å². The Morgan fingerprint density at radius 2 is 1.95 bits per heavy atom. The van der Waals surface area contributed by atoms with Crippen molar-refractivity contribution < 1.29 is 9.47 Å². The van der Waals surface area contributed by atoms with Crippen molar-refractivity contribution in [1.82, 2.24) is 4.98 Å². The van der Waals surface area contributed by atoms with Gasteiger partial charge in [-0.3, -0.25) is 0 Å². The van der Waals surface area contributed by atoms with E-state index in [1.54, 1.807) is 31.5 Å². The molecule has 0 fully saturated rings. The van der Waals surface area contributed by atoms with E-state index in [4.69, 9.17) is 26.8 Å². The number of methoxy groups -OCH3 is 1. The number of anilines is 1. The smallest absolute Gasteiger partial charge is 0.227 e. The number of hydrogen-bond donors (Lipinski definition) is 1. The number of halogens is 1. The lowest BCUT2D eigenvalue weighted by Crippen LogP contribution is -1.92. The van der Waals surface area contributed by atoms with Gasteiger partial charge in [-0.05, 0) is 41.8 Å². The van der Waals surface area contributed by atoms with Gasteiger partial charge in [0.05, 0.1) is 12.1 Å². The van der Waals surface area contributed by atoms with Crippen molar-refractivity contribution in [2.75, 3.05) is 12.8 Å². The number of nitrogen functional groups attached to an aromatic ring is 1. The summed E-state index contributed by atoms with van der Waals surface area (Å²) in [5.41, 5.74) is 6.34. The Kier molecular flexibility index (Phi) is 3.54. The Morgan fingerprint density at radius 3 is 2.76 bits per heavy atom. The predicted octanol–water partition coefficient (Wildman–Crippen LogP) is 4.27. The molecule has 0 radical (unpaired) electrons. The van der Waals surface area contributed by atoms with Crippen LogP contribution in [0.25, 0.3) is 10.8 Å². The number of nitrogens with two attached hydrogens (primary N) is 1. The minimum atomic E-state index is 0.475. The molecule has 1 heterocycles. The lowest BCUT2D eigenvalue weighted by molar-refractivity contribution is 0.415. The van der Waals surface area contributed by atoms with Gasteiger partial charge in [-0.2, -0.15) is 0 Å². The molecule has 0 amide bonds. The Balaban J connectivity index is 2.06. The van der Waals surface area contributed by atoms with Crippen LogP contribution in [-0.4, -0.2) is 12.1 Å². The van der Waals surface area contributed by atoms with Gasteiger partial charge >= 0.3 is 0 Å². The van der Waals surface area contributed by atoms with Crippen molar-refractivity contribution in [2.24, 2.45) is 0 Å². The SMILES string of the molecule is COc1ccc2c(Oc3cc(N)ccc3Cl)nccc2c1. The molecule has 5 heteroatoms. The van der Waals surface area contributed by atoms with Gasteiger partial charge in [-0.25, -0.2) is 4.98 Å². The summed E-state index contributed by atoms with van der Waals surface area (Å²) < 4.78 is 11.0. The lowest BCUT2D eigenvalue weighted by atomic mass is 10.1. The first-order valence-corrected chi connectivity index (χ1v) is 6.71. The van der Waals surface area contributed by atoms with Crippen molar-refractivity contribution in [2.45, 2.75) is 0 Å². The van der Waals surface area contributed by atoms with E-state index in [-0.39, 0.29) is 0 Å². The van der Waals surface area contributed by atoms with Gasteiger partial charge in [0.2, 0.25) is 5.88 Å². The number of benzene rings is 2. The maximum Gasteiger partial charge on any atom is 0.227 e. The molecular weight excluding hydrogens is 288 g/mol. The third-order valence-electron chi connectivity index (χ3n) is 3.10. The summed E-state index contributed by atoms with van der Waals surface area (Å²) in [6.45, 7) is 0. The van der Waals surface area contributed by atoms with E-state index < -0.39 is 0 Å². The zero-order valence-corrected chi connectivity index (χ0v) is 12.1. The number of nitrogens with zero attached hydrogens (tertiary/aromatic N) is 1. The number of hydrogen-bond acceptors (Lipinski definition) is 4. The molecule has 106 valence electrons. The van der Waals surface area contributed by atoms with Crippen LogP contribution < -0.4 is 15.2 Å². The summed E-state index contributed by atoms with van der Waals surface area (Å²) in [4.78, 5) is 4.27. The van der Waals surface area contributed by atoms with Crippen molar-refractivity contribution in [1.29, 1.82) is 0 Å². The molecule has 0 unspecified atom stereocenters. The van der Waals surface area contributed by atoms with E-state index in [1.165, 1.54) is 0 Å². The van der Waals surface area contributed by atoms with Gasteiger partial charge in [-0.1, -0.05) is 11.6 Å². The summed E-state index contributed by atoms with van der Waals surface area (Å²) in [6.07, 6.45) is 1.68. The average Bonchev–Trinajstić information content (AvgIpc) is 2.50. The number of fused-ring (bicyclic) bond motifs is 1. The second-order valence-electron chi connectivity index (χ2n) is 4.50. The molecule has 0 bridgehead atoms. The molecule has 2 N–H and O–H groups in total. The number of aromatic nitrogens is 1. The summed E-state index contributed by atoms with van der Waals surface area (Å²) in [6, 6.07) is 12.7. The second kappa shape index (κ2) is 5.50. The van der Waals surface area contributed by atoms with Crippen molar-refractivity contribution in [3.8, 4) is 17.4 Å². The third-order valence-corrected chi connectivity index (χ3v) is 3.41. The first kappa shape index (κ1) is 13.5. The van der Waals surface area contributed by atoms with Gasteiger partial charge in [-0.15, -0.1) is 0 Å². The van der Waals surface area contributed by atoms with Gasteiger partial charge in [0.25, 0.3) is 0 Å². The number of rotatable bonds is 3. The van der Waals surface area contributed by atoms with E-state index in [0.29, 0.717) is 22.3 Å². The van der Waals surface area contributed by atoms with E-state index in [9.17, 15) is 0 Å². The molecule has 3 rings (SSSR count). The highest BCUT2D eigenvalue weighted by atomic mass is 35.5. The van der Waals surface area contributed by atoms with Crippen molar-refractivity contribution in [3.63, 3.8) is 0 Å².